The van der Waals surface area contributed by atoms with Crippen molar-refractivity contribution in [3.8, 4) is 67.7 Å². The molecule has 1 aliphatic heterocycles. The van der Waals surface area contributed by atoms with Crippen LogP contribution in [0, 0.1) is 0 Å². The Hall–Kier alpha value is -7.47. The number of fused-ring (bicyclic) bond motifs is 10. The molecule has 0 saturated heterocycles. The maximum atomic E-state index is 5.12. The quantitative estimate of drug-likeness (QED) is 0.174. The van der Waals surface area contributed by atoms with Crippen molar-refractivity contribution in [1.29, 1.82) is 0 Å². The summed E-state index contributed by atoms with van der Waals surface area (Å²) in [6.45, 7) is 0. The zero-order chi connectivity index (χ0) is 39.6. The first-order chi connectivity index (χ1) is 29.7. The van der Waals surface area contributed by atoms with Crippen molar-refractivity contribution in [3.05, 3.63) is 229 Å². The van der Waals surface area contributed by atoms with Crippen LogP contribution in [-0.4, -0.2) is 19.9 Å². The number of pyridine rings is 1. The van der Waals surface area contributed by atoms with Gasteiger partial charge in [-0.25, -0.2) is 15.0 Å². The highest BCUT2D eigenvalue weighted by atomic mass is 32.2. The molecule has 10 aromatic rings. The molecule has 0 unspecified atom stereocenters. The van der Waals surface area contributed by atoms with Gasteiger partial charge in [0, 0.05) is 43.6 Å². The van der Waals surface area contributed by atoms with Crippen LogP contribution in [0.2, 0.25) is 0 Å². The van der Waals surface area contributed by atoms with E-state index in [1.165, 1.54) is 54.1 Å². The summed E-state index contributed by atoms with van der Waals surface area (Å²) in [6, 6.07) is 71.5. The first-order valence-corrected chi connectivity index (χ1v) is 21.0. The highest BCUT2D eigenvalue weighted by Crippen LogP contribution is 2.62. The molecule has 2 aliphatic rings. The molecule has 0 saturated carbocycles. The van der Waals surface area contributed by atoms with Gasteiger partial charge in [0.2, 0.25) is 0 Å². The van der Waals surface area contributed by atoms with Crippen LogP contribution < -0.4 is 0 Å². The summed E-state index contributed by atoms with van der Waals surface area (Å²) in [6.07, 6.45) is 1.90. The summed E-state index contributed by atoms with van der Waals surface area (Å²) in [4.78, 5) is 22.4. The predicted molar refractivity (Wildman–Crippen MR) is 244 cm³/mol. The maximum absolute atomic E-state index is 5.12. The third kappa shape index (κ3) is 5.40. The second kappa shape index (κ2) is 13.8. The lowest BCUT2D eigenvalue weighted by Gasteiger charge is -2.40. The fourth-order valence-electron chi connectivity index (χ4n) is 9.34. The lowest BCUT2D eigenvalue weighted by molar-refractivity contribution is 0.722. The molecular weight excluding hydrogens is 749 g/mol. The number of rotatable bonds is 5. The Kier molecular flexibility index (Phi) is 7.97. The molecule has 0 N–H and O–H groups in total. The van der Waals surface area contributed by atoms with Crippen LogP contribution in [-0.2, 0) is 5.41 Å². The zero-order valence-corrected chi connectivity index (χ0v) is 33.1. The number of benzene rings is 8. The summed E-state index contributed by atoms with van der Waals surface area (Å²) in [7, 11) is 0. The topological polar surface area (TPSA) is 51.6 Å². The van der Waals surface area contributed by atoms with Gasteiger partial charge in [-0.3, -0.25) is 4.98 Å². The van der Waals surface area contributed by atoms with Gasteiger partial charge < -0.3 is 0 Å². The third-order valence-corrected chi connectivity index (χ3v) is 13.2. The van der Waals surface area contributed by atoms with Gasteiger partial charge in [0.1, 0.15) is 0 Å². The Labute approximate surface area is 352 Å². The number of hydrogen-bond acceptors (Lipinski definition) is 5. The average Bonchev–Trinajstić information content (AvgIpc) is 3.62. The largest absolute Gasteiger partial charge is 0.256 e. The van der Waals surface area contributed by atoms with Gasteiger partial charge in [0.05, 0.1) is 11.1 Å². The van der Waals surface area contributed by atoms with Gasteiger partial charge in [0.15, 0.2) is 17.5 Å². The molecule has 3 heterocycles. The summed E-state index contributed by atoms with van der Waals surface area (Å²) in [5.41, 5.74) is 14.5. The highest BCUT2D eigenvalue weighted by Gasteiger charge is 2.50. The summed E-state index contributed by atoms with van der Waals surface area (Å²) in [5.74, 6) is 1.95. The van der Waals surface area contributed by atoms with E-state index in [-0.39, 0.29) is 0 Å². The minimum absolute atomic E-state index is 0.506. The molecule has 0 radical (unpaired) electrons. The van der Waals surface area contributed by atoms with Crippen LogP contribution in [0.5, 0.6) is 0 Å². The summed E-state index contributed by atoms with van der Waals surface area (Å²) >= 11 is 1.83. The van der Waals surface area contributed by atoms with Crippen LogP contribution >= 0.6 is 11.8 Å². The Bertz CT molecular complexity index is 3180. The average molecular weight is 783 g/mol. The summed E-state index contributed by atoms with van der Waals surface area (Å²) in [5, 5.41) is 2.35. The van der Waals surface area contributed by atoms with Crippen LogP contribution in [0.1, 0.15) is 22.3 Å². The molecule has 4 nitrogen and oxygen atoms in total. The molecule has 0 atom stereocenters. The van der Waals surface area contributed by atoms with Crippen molar-refractivity contribution >= 4 is 22.5 Å². The first-order valence-electron chi connectivity index (χ1n) is 20.2. The highest BCUT2D eigenvalue weighted by molar-refractivity contribution is 7.99. The van der Waals surface area contributed by atoms with Crippen LogP contribution in [0.3, 0.4) is 0 Å². The normalized spacial score (nSPS) is 13.1. The van der Waals surface area contributed by atoms with Gasteiger partial charge in [-0.1, -0.05) is 194 Å². The molecule has 0 bridgehead atoms. The van der Waals surface area contributed by atoms with Gasteiger partial charge in [-0.15, -0.1) is 0 Å². The maximum Gasteiger partial charge on any atom is 0.164 e. The molecule has 5 heteroatoms. The number of aromatic nitrogens is 4. The van der Waals surface area contributed by atoms with Crippen LogP contribution in [0.25, 0.3) is 78.4 Å². The van der Waals surface area contributed by atoms with E-state index in [0.29, 0.717) is 17.5 Å². The zero-order valence-electron chi connectivity index (χ0n) is 32.3. The Balaban J connectivity index is 1.03. The van der Waals surface area contributed by atoms with Gasteiger partial charge in [0.25, 0.3) is 0 Å². The van der Waals surface area contributed by atoms with E-state index >= 15 is 0 Å². The minimum Gasteiger partial charge on any atom is -0.256 e. The standard InChI is InChI=1S/C55H34N4S/c1-3-14-38(15-4-1)52-57-53(39-16-5-2-6-17-39)59-54(58-52)41-28-30-48-50(34-41)60-49-33-40(35-23-25-37(26-24-35)51-42-18-8-7-13-36(42)31-32-56-51)27-29-47(49)55(48)45-21-11-9-19-43(45)44-20-10-12-22-46(44)55/h1-34H. The Morgan fingerprint density at radius 3 is 1.47 bits per heavy atom. The van der Waals surface area contributed by atoms with Crippen molar-refractivity contribution in [2.24, 2.45) is 0 Å². The van der Waals surface area contributed by atoms with E-state index in [2.05, 4.69) is 164 Å². The Morgan fingerprint density at radius 2 is 0.833 bits per heavy atom. The lowest BCUT2D eigenvalue weighted by atomic mass is 9.67. The van der Waals surface area contributed by atoms with Gasteiger partial charge in [-0.2, -0.15) is 0 Å². The molecule has 0 amide bonds. The van der Waals surface area contributed by atoms with Crippen molar-refractivity contribution in [2.45, 2.75) is 15.2 Å². The van der Waals surface area contributed by atoms with E-state index in [0.717, 1.165) is 38.9 Å². The van der Waals surface area contributed by atoms with E-state index in [1.807, 2.05) is 54.4 Å². The second-order valence-electron chi connectivity index (χ2n) is 15.4. The third-order valence-electron chi connectivity index (χ3n) is 12.1. The van der Waals surface area contributed by atoms with Crippen molar-refractivity contribution in [3.63, 3.8) is 0 Å². The molecule has 60 heavy (non-hydrogen) atoms. The van der Waals surface area contributed by atoms with Crippen LogP contribution in [0.15, 0.2) is 216 Å². The van der Waals surface area contributed by atoms with Crippen molar-refractivity contribution in [2.75, 3.05) is 0 Å². The van der Waals surface area contributed by atoms with Gasteiger partial charge >= 0.3 is 0 Å². The number of hydrogen-bond donors (Lipinski definition) is 0. The molecule has 1 aliphatic carbocycles. The molecule has 1 spiro atoms. The van der Waals surface area contributed by atoms with Crippen LogP contribution in [0.4, 0.5) is 0 Å². The molecular formula is C55H34N4S. The molecule has 2 aromatic heterocycles. The van der Waals surface area contributed by atoms with E-state index in [9.17, 15) is 0 Å². The van der Waals surface area contributed by atoms with Crippen molar-refractivity contribution in [1.82, 2.24) is 19.9 Å². The van der Waals surface area contributed by atoms with Gasteiger partial charge in [-0.05, 0) is 68.1 Å². The minimum atomic E-state index is -0.506. The van der Waals surface area contributed by atoms with E-state index in [1.54, 1.807) is 0 Å². The Morgan fingerprint density at radius 1 is 0.350 bits per heavy atom. The molecule has 8 aromatic carbocycles. The van der Waals surface area contributed by atoms with E-state index < -0.39 is 5.41 Å². The smallest absolute Gasteiger partial charge is 0.164 e. The lowest BCUT2D eigenvalue weighted by Crippen LogP contribution is -2.32. The monoisotopic (exact) mass is 782 g/mol. The fourth-order valence-corrected chi connectivity index (χ4v) is 10.6. The summed E-state index contributed by atoms with van der Waals surface area (Å²) < 4.78 is 0. The molecule has 12 rings (SSSR count). The molecule has 0 fully saturated rings. The number of nitrogens with zero attached hydrogens (tertiary/aromatic N) is 4. The fraction of sp³-hybridized carbons (Fsp3) is 0.0182. The first kappa shape index (κ1) is 34.6. The molecule has 280 valence electrons. The predicted octanol–water partition coefficient (Wildman–Crippen LogP) is 13.6. The second-order valence-corrected chi connectivity index (χ2v) is 16.4. The SMILES string of the molecule is c1ccc(-c2nc(-c3ccccc3)nc(-c3ccc4c(c3)Sc3cc(-c5ccc(-c6nccc7ccccc67)cc5)ccc3C43c4ccccc4-c4ccccc43)n2)cc1. The van der Waals surface area contributed by atoms with Crippen molar-refractivity contribution < 1.29 is 0 Å². The van der Waals surface area contributed by atoms with E-state index in [4.69, 9.17) is 19.9 Å².